The molecule has 102 valence electrons. The lowest BCUT2D eigenvalue weighted by atomic mass is 10.1. The van der Waals surface area contributed by atoms with Crippen LogP contribution < -0.4 is 5.32 Å². The number of thiol groups is 1. The van der Waals surface area contributed by atoms with Crippen LogP contribution in [-0.2, 0) is 9.59 Å². The molecule has 5 nitrogen and oxygen atoms in total. The molecule has 0 fully saturated rings. The number of aliphatic carboxylic acids is 1. The Labute approximate surface area is 116 Å². The molecule has 0 saturated heterocycles. The maximum absolute atomic E-state index is 11.7. The number of rotatable bonds is 7. The predicted octanol–water partition coefficient (Wildman–Crippen LogP) is 1.15. The Bertz CT molecular complexity index is 461. The fourth-order valence-corrected chi connectivity index (χ4v) is 1.69. The maximum atomic E-state index is 11.7. The Morgan fingerprint density at radius 3 is 2.32 bits per heavy atom. The van der Waals surface area contributed by atoms with Crippen molar-refractivity contribution in [2.75, 3.05) is 5.75 Å². The molecule has 0 bridgehead atoms. The second-order valence-electron chi connectivity index (χ2n) is 3.93. The first-order valence-corrected chi connectivity index (χ1v) is 6.39. The van der Waals surface area contributed by atoms with Crippen molar-refractivity contribution >= 4 is 30.3 Å². The van der Waals surface area contributed by atoms with E-state index in [0.717, 1.165) is 0 Å². The second-order valence-corrected chi connectivity index (χ2v) is 4.30. The first-order chi connectivity index (χ1) is 9.04. The molecule has 1 rings (SSSR count). The van der Waals surface area contributed by atoms with E-state index in [-0.39, 0.29) is 24.4 Å². The number of hydrogen-bond acceptors (Lipinski definition) is 4. The van der Waals surface area contributed by atoms with Crippen LogP contribution in [0.15, 0.2) is 30.3 Å². The van der Waals surface area contributed by atoms with Crippen LogP contribution in [0, 0.1) is 0 Å². The molecule has 0 saturated carbocycles. The van der Waals surface area contributed by atoms with Crippen molar-refractivity contribution in [1.29, 1.82) is 0 Å². The number of carbonyl (C=O) groups excluding carboxylic acids is 2. The van der Waals surface area contributed by atoms with Gasteiger partial charge in [-0.2, -0.15) is 12.6 Å². The Kier molecular flexibility index (Phi) is 6.08. The fraction of sp³-hybridized carbons (Fsp3) is 0.308. The van der Waals surface area contributed by atoms with Crippen LogP contribution in [0.5, 0.6) is 0 Å². The van der Waals surface area contributed by atoms with Crippen LogP contribution >= 0.6 is 12.6 Å². The SMILES string of the molecule is O=C(CCC(=O)c1ccccc1)NC(CS)C(=O)O. The quantitative estimate of drug-likeness (QED) is 0.517. The highest BCUT2D eigenvalue weighted by molar-refractivity contribution is 7.80. The minimum Gasteiger partial charge on any atom is -0.480 e. The van der Waals surface area contributed by atoms with Crippen molar-refractivity contribution < 1.29 is 19.5 Å². The molecular formula is C13H15NO4S. The van der Waals surface area contributed by atoms with E-state index < -0.39 is 17.9 Å². The average molecular weight is 281 g/mol. The lowest BCUT2D eigenvalue weighted by molar-refractivity contribution is -0.141. The van der Waals surface area contributed by atoms with E-state index in [4.69, 9.17) is 5.11 Å². The summed E-state index contributed by atoms with van der Waals surface area (Å²) in [5.74, 6) is -1.75. The molecular weight excluding hydrogens is 266 g/mol. The van der Waals surface area contributed by atoms with Gasteiger partial charge in [-0.3, -0.25) is 9.59 Å². The number of nitrogens with one attached hydrogen (secondary N) is 1. The highest BCUT2D eigenvalue weighted by Gasteiger charge is 2.18. The van der Waals surface area contributed by atoms with Gasteiger partial charge in [0.05, 0.1) is 0 Å². The van der Waals surface area contributed by atoms with Gasteiger partial charge < -0.3 is 10.4 Å². The molecule has 0 aliphatic heterocycles. The van der Waals surface area contributed by atoms with Gasteiger partial charge in [0.1, 0.15) is 6.04 Å². The summed E-state index contributed by atoms with van der Waals surface area (Å²) in [4.78, 5) is 33.9. The van der Waals surface area contributed by atoms with E-state index >= 15 is 0 Å². The van der Waals surface area contributed by atoms with Crippen LogP contribution in [0.1, 0.15) is 23.2 Å². The summed E-state index contributed by atoms with van der Waals surface area (Å²) in [6.07, 6.45) is 0.0139. The standard InChI is InChI=1S/C13H15NO4S/c15-11(9-4-2-1-3-5-9)6-7-12(16)14-10(8-19)13(17)18/h1-5,10,19H,6-8H2,(H,14,16)(H,17,18). The average Bonchev–Trinajstić information content (AvgIpc) is 2.42. The molecule has 0 aliphatic carbocycles. The van der Waals surface area contributed by atoms with Gasteiger partial charge >= 0.3 is 5.97 Å². The molecule has 6 heteroatoms. The topological polar surface area (TPSA) is 83.5 Å². The molecule has 2 N–H and O–H groups in total. The number of ketones is 1. The minimum atomic E-state index is -1.14. The van der Waals surface area contributed by atoms with Crippen LogP contribution in [-0.4, -0.2) is 34.6 Å². The third-order valence-corrected chi connectivity index (χ3v) is 2.86. The normalized spacial score (nSPS) is 11.6. The van der Waals surface area contributed by atoms with Crippen LogP contribution in [0.4, 0.5) is 0 Å². The smallest absolute Gasteiger partial charge is 0.327 e. The molecule has 0 radical (unpaired) electrons. The van der Waals surface area contributed by atoms with Crippen molar-refractivity contribution in [3.8, 4) is 0 Å². The number of carbonyl (C=O) groups is 3. The number of benzene rings is 1. The number of amides is 1. The van der Waals surface area contributed by atoms with E-state index in [9.17, 15) is 14.4 Å². The highest BCUT2D eigenvalue weighted by Crippen LogP contribution is 2.05. The maximum Gasteiger partial charge on any atom is 0.327 e. The van der Waals surface area contributed by atoms with E-state index in [1.54, 1.807) is 30.3 Å². The number of Topliss-reactive ketones (excluding diaryl/α,β-unsaturated/α-hetero) is 1. The summed E-state index contributed by atoms with van der Waals surface area (Å²) in [6.45, 7) is 0. The van der Waals surface area contributed by atoms with Crippen LogP contribution in [0.3, 0.4) is 0 Å². The van der Waals surface area contributed by atoms with Gasteiger partial charge in [0.25, 0.3) is 0 Å². The Morgan fingerprint density at radius 2 is 1.79 bits per heavy atom. The van der Waals surface area contributed by atoms with E-state index in [1.807, 2.05) is 0 Å². The largest absolute Gasteiger partial charge is 0.480 e. The van der Waals surface area contributed by atoms with Crippen molar-refractivity contribution in [3.63, 3.8) is 0 Å². The van der Waals surface area contributed by atoms with Crippen molar-refractivity contribution in [1.82, 2.24) is 5.32 Å². The lowest BCUT2D eigenvalue weighted by Crippen LogP contribution is -2.42. The van der Waals surface area contributed by atoms with Crippen LogP contribution in [0.2, 0.25) is 0 Å². The van der Waals surface area contributed by atoms with Gasteiger partial charge in [-0.05, 0) is 0 Å². The molecule has 1 aromatic carbocycles. The molecule has 1 aromatic rings. The summed E-state index contributed by atoms with van der Waals surface area (Å²) >= 11 is 3.83. The Balaban J connectivity index is 2.42. The zero-order valence-corrected chi connectivity index (χ0v) is 11.1. The van der Waals surface area contributed by atoms with Crippen molar-refractivity contribution in [2.24, 2.45) is 0 Å². The highest BCUT2D eigenvalue weighted by atomic mass is 32.1. The third-order valence-electron chi connectivity index (χ3n) is 2.49. The molecule has 0 aliphatic rings. The minimum absolute atomic E-state index is 0.00764. The summed E-state index contributed by atoms with van der Waals surface area (Å²) in [7, 11) is 0. The Hall–Kier alpha value is -1.82. The van der Waals surface area contributed by atoms with Gasteiger partial charge in [-0.25, -0.2) is 4.79 Å². The van der Waals surface area contributed by atoms with Crippen molar-refractivity contribution in [2.45, 2.75) is 18.9 Å². The van der Waals surface area contributed by atoms with E-state index in [2.05, 4.69) is 17.9 Å². The lowest BCUT2D eigenvalue weighted by Gasteiger charge is -2.11. The van der Waals surface area contributed by atoms with Gasteiger partial charge in [-0.15, -0.1) is 0 Å². The predicted molar refractivity (Wildman–Crippen MR) is 73.4 cm³/mol. The molecule has 0 heterocycles. The zero-order valence-electron chi connectivity index (χ0n) is 10.2. The molecule has 1 atom stereocenters. The number of carboxylic acids is 1. The van der Waals surface area contributed by atoms with Gasteiger partial charge in [0.2, 0.25) is 5.91 Å². The van der Waals surface area contributed by atoms with E-state index in [1.165, 1.54) is 0 Å². The van der Waals surface area contributed by atoms with Gasteiger partial charge in [-0.1, -0.05) is 30.3 Å². The Morgan fingerprint density at radius 1 is 1.16 bits per heavy atom. The van der Waals surface area contributed by atoms with Gasteiger partial charge in [0, 0.05) is 24.2 Å². The first kappa shape index (κ1) is 15.2. The van der Waals surface area contributed by atoms with Crippen LogP contribution in [0.25, 0.3) is 0 Å². The zero-order chi connectivity index (χ0) is 14.3. The number of carboxylic acid groups (broad SMARTS) is 1. The third kappa shape index (κ3) is 5.13. The fourth-order valence-electron chi connectivity index (χ4n) is 1.45. The molecule has 0 spiro atoms. The molecule has 1 unspecified atom stereocenters. The summed E-state index contributed by atoms with van der Waals surface area (Å²) in [5.41, 5.74) is 0.541. The van der Waals surface area contributed by atoms with Crippen molar-refractivity contribution in [3.05, 3.63) is 35.9 Å². The van der Waals surface area contributed by atoms with E-state index in [0.29, 0.717) is 5.56 Å². The number of hydrogen-bond donors (Lipinski definition) is 3. The monoisotopic (exact) mass is 281 g/mol. The van der Waals surface area contributed by atoms with Gasteiger partial charge in [0.15, 0.2) is 5.78 Å². The summed E-state index contributed by atoms with van der Waals surface area (Å²) in [6, 6.07) is 7.61. The summed E-state index contributed by atoms with van der Waals surface area (Å²) < 4.78 is 0. The molecule has 1 amide bonds. The molecule has 19 heavy (non-hydrogen) atoms. The first-order valence-electron chi connectivity index (χ1n) is 5.76. The summed E-state index contributed by atoms with van der Waals surface area (Å²) in [5, 5.41) is 11.1. The molecule has 0 aromatic heterocycles. The second kappa shape index (κ2) is 7.58.